The van der Waals surface area contributed by atoms with E-state index in [-0.39, 0.29) is 23.7 Å². The van der Waals surface area contributed by atoms with Gasteiger partial charge < -0.3 is 10.2 Å². The molecule has 20 heavy (non-hydrogen) atoms. The minimum Gasteiger partial charge on any atom is -0.356 e. The molecule has 2 amide bonds. The lowest BCUT2D eigenvalue weighted by Crippen LogP contribution is -2.44. The molecule has 0 bridgehead atoms. The summed E-state index contributed by atoms with van der Waals surface area (Å²) in [6.07, 6.45) is 3.80. The zero-order chi connectivity index (χ0) is 15.1. The molecule has 0 aromatic carbocycles. The molecule has 0 aromatic heterocycles. The minimum absolute atomic E-state index is 0.0522. The molecule has 1 saturated heterocycles. The van der Waals surface area contributed by atoms with E-state index in [2.05, 4.69) is 19.2 Å². The van der Waals surface area contributed by atoms with Crippen LogP contribution in [-0.4, -0.2) is 36.3 Å². The molecule has 1 rings (SSSR count). The first kappa shape index (κ1) is 17.0. The summed E-state index contributed by atoms with van der Waals surface area (Å²) in [5.74, 6) is 1.21. The molecule has 0 spiro atoms. The number of nitrogens with one attached hydrogen (secondary N) is 1. The molecule has 1 N–H and O–H groups in total. The molecule has 1 aliphatic heterocycles. The number of rotatable bonds is 6. The lowest BCUT2D eigenvalue weighted by Gasteiger charge is -2.32. The molecule has 0 radical (unpaired) electrons. The molecule has 0 aromatic rings. The number of likely N-dealkylation sites (tertiary alicyclic amines) is 1. The number of hydrogen-bond donors (Lipinski definition) is 1. The van der Waals surface area contributed by atoms with Crippen LogP contribution in [0, 0.1) is 17.8 Å². The summed E-state index contributed by atoms with van der Waals surface area (Å²) in [5.41, 5.74) is 0. The van der Waals surface area contributed by atoms with Crippen LogP contribution < -0.4 is 5.32 Å². The monoisotopic (exact) mass is 282 g/mol. The van der Waals surface area contributed by atoms with Gasteiger partial charge in [-0.15, -0.1) is 0 Å². The van der Waals surface area contributed by atoms with E-state index < -0.39 is 0 Å². The van der Waals surface area contributed by atoms with Gasteiger partial charge in [-0.3, -0.25) is 9.59 Å². The van der Waals surface area contributed by atoms with Crippen LogP contribution in [0.4, 0.5) is 0 Å². The second-order valence-electron chi connectivity index (χ2n) is 6.58. The number of amides is 2. The highest BCUT2D eigenvalue weighted by Crippen LogP contribution is 2.19. The smallest absolute Gasteiger partial charge is 0.225 e. The molecule has 4 nitrogen and oxygen atoms in total. The molecule has 0 aliphatic carbocycles. The Balaban J connectivity index is 2.24. The van der Waals surface area contributed by atoms with E-state index in [4.69, 9.17) is 0 Å². The number of nitrogens with zero attached hydrogens (tertiary/aromatic N) is 1. The molecular formula is C16H30N2O2. The van der Waals surface area contributed by atoms with E-state index in [1.54, 1.807) is 0 Å². The fourth-order valence-electron chi connectivity index (χ4n) is 2.59. The van der Waals surface area contributed by atoms with Crippen molar-refractivity contribution in [2.45, 2.75) is 53.4 Å². The summed E-state index contributed by atoms with van der Waals surface area (Å²) in [7, 11) is 0. The third-order valence-corrected chi connectivity index (χ3v) is 3.93. The van der Waals surface area contributed by atoms with Crippen molar-refractivity contribution < 1.29 is 9.59 Å². The molecule has 1 aliphatic rings. The molecule has 1 fully saturated rings. The summed E-state index contributed by atoms with van der Waals surface area (Å²) >= 11 is 0. The second kappa shape index (κ2) is 8.28. The maximum absolute atomic E-state index is 12.0. The van der Waals surface area contributed by atoms with Crippen molar-refractivity contribution in [1.29, 1.82) is 0 Å². The quantitative estimate of drug-likeness (QED) is 0.761. The van der Waals surface area contributed by atoms with Gasteiger partial charge in [-0.2, -0.15) is 0 Å². The first-order valence-electron chi connectivity index (χ1n) is 7.98. The first-order chi connectivity index (χ1) is 9.41. The van der Waals surface area contributed by atoms with Crippen molar-refractivity contribution in [3.63, 3.8) is 0 Å². The van der Waals surface area contributed by atoms with Crippen LogP contribution in [0.5, 0.6) is 0 Å². The fourth-order valence-corrected chi connectivity index (χ4v) is 2.59. The van der Waals surface area contributed by atoms with Crippen LogP contribution in [0.1, 0.15) is 53.4 Å². The van der Waals surface area contributed by atoms with Crippen molar-refractivity contribution >= 4 is 11.8 Å². The topological polar surface area (TPSA) is 49.4 Å². The van der Waals surface area contributed by atoms with Crippen molar-refractivity contribution in [1.82, 2.24) is 10.2 Å². The average Bonchev–Trinajstić information content (AvgIpc) is 2.42. The lowest BCUT2D eigenvalue weighted by atomic mass is 9.95. The summed E-state index contributed by atoms with van der Waals surface area (Å²) in [4.78, 5) is 25.8. The van der Waals surface area contributed by atoms with Gasteiger partial charge in [-0.05, 0) is 31.6 Å². The van der Waals surface area contributed by atoms with Gasteiger partial charge in [0, 0.05) is 31.5 Å². The van der Waals surface area contributed by atoms with Crippen molar-refractivity contribution in [2.24, 2.45) is 17.8 Å². The fraction of sp³-hybridized carbons (Fsp3) is 0.875. The number of carbonyl (C=O) groups excluding carboxylic acids is 2. The molecule has 0 saturated carbocycles. The first-order valence-corrected chi connectivity index (χ1v) is 7.98. The van der Waals surface area contributed by atoms with Crippen LogP contribution in [0.2, 0.25) is 0 Å². The number of carbonyl (C=O) groups is 2. The second-order valence-corrected chi connectivity index (χ2v) is 6.58. The van der Waals surface area contributed by atoms with Gasteiger partial charge in [0.15, 0.2) is 0 Å². The molecule has 0 atom stereocenters. The largest absolute Gasteiger partial charge is 0.356 e. The zero-order valence-corrected chi connectivity index (χ0v) is 13.4. The highest BCUT2D eigenvalue weighted by atomic mass is 16.2. The van der Waals surface area contributed by atoms with E-state index in [1.807, 2.05) is 18.7 Å². The van der Waals surface area contributed by atoms with Crippen LogP contribution in [0.25, 0.3) is 0 Å². The predicted octanol–water partition coefficient (Wildman–Crippen LogP) is 2.43. The maximum atomic E-state index is 12.0. The van der Waals surface area contributed by atoms with Gasteiger partial charge in [0.1, 0.15) is 0 Å². The Hall–Kier alpha value is -1.06. The summed E-state index contributed by atoms with van der Waals surface area (Å²) in [6, 6.07) is 0. The predicted molar refractivity (Wildman–Crippen MR) is 81.2 cm³/mol. The summed E-state index contributed by atoms with van der Waals surface area (Å²) in [6.45, 7) is 10.5. The van der Waals surface area contributed by atoms with Crippen LogP contribution in [-0.2, 0) is 9.59 Å². The summed E-state index contributed by atoms with van der Waals surface area (Å²) in [5, 5.41) is 3.03. The standard InChI is InChI=1S/C16H30N2O2/c1-12(2)6-5-9-17-15(19)14-7-10-18(11-8-14)16(20)13(3)4/h12-14H,5-11H2,1-4H3,(H,17,19). The van der Waals surface area contributed by atoms with Crippen LogP contribution in [0.3, 0.4) is 0 Å². The van der Waals surface area contributed by atoms with Gasteiger partial charge in [0.05, 0.1) is 0 Å². The van der Waals surface area contributed by atoms with Crippen LogP contribution >= 0.6 is 0 Å². The Morgan fingerprint density at radius 1 is 1.15 bits per heavy atom. The molecule has 116 valence electrons. The Bertz CT molecular complexity index is 318. The van der Waals surface area contributed by atoms with Gasteiger partial charge in [-0.1, -0.05) is 27.7 Å². The van der Waals surface area contributed by atoms with Gasteiger partial charge in [0.25, 0.3) is 0 Å². The van der Waals surface area contributed by atoms with E-state index in [0.29, 0.717) is 5.92 Å². The van der Waals surface area contributed by atoms with Crippen molar-refractivity contribution in [2.75, 3.05) is 19.6 Å². The average molecular weight is 282 g/mol. The van der Waals surface area contributed by atoms with Gasteiger partial charge in [0.2, 0.25) is 11.8 Å². The highest BCUT2D eigenvalue weighted by Gasteiger charge is 2.27. The van der Waals surface area contributed by atoms with E-state index in [1.165, 1.54) is 0 Å². The zero-order valence-electron chi connectivity index (χ0n) is 13.4. The van der Waals surface area contributed by atoms with E-state index in [0.717, 1.165) is 45.3 Å². The number of hydrogen-bond acceptors (Lipinski definition) is 2. The Morgan fingerprint density at radius 2 is 1.75 bits per heavy atom. The Kier molecular flexibility index (Phi) is 7.03. The molecule has 1 heterocycles. The molecule has 0 unspecified atom stereocenters. The minimum atomic E-state index is 0.0522. The Labute approximate surface area is 123 Å². The third-order valence-electron chi connectivity index (χ3n) is 3.93. The third kappa shape index (κ3) is 5.51. The normalized spacial score (nSPS) is 16.8. The van der Waals surface area contributed by atoms with Crippen LogP contribution in [0.15, 0.2) is 0 Å². The lowest BCUT2D eigenvalue weighted by molar-refractivity contribution is -0.138. The SMILES string of the molecule is CC(C)CCCNC(=O)C1CCN(C(=O)C(C)C)CC1. The molecular weight excluding hydrogens is 252 g/mol. The number of piperidine rings is 1. The Morgan fingerprint density at radius 3 is 2.25 bits per heavy atom. The van der Waals surface area contributed by atoms with Gasteiger partial charge in [-0.25, -0.2) is 0 Å². The molecule has 4 heteroatoms. The van der Waals surface area contributed by atoms with E-state index in [9.17, 15) is 9.59 Å². The summed E-state index contributed by atoms with van der Waals surface area (Å²) < 4.78 is 0. The van der Waals surface area contributed by atoms with E-state index >= 15 is 0 Å². The van der Waals surface area contributed by atoms with Crippen molar-refractivity contribution in [3.05, 3.63) is 0 Å². The highest BCUT2D eigenvalue weighted by molar-refractivity contribution is 5.80. The maximum Gasteiger partial charge on any atom is 0.225 e. The van der Waals surface area contributed by atoms with Gasteiger partial charge >= 0.3 is 0 Å². The van der Waals surface area contributed by atoms with Crippen molar-refractivity contribution in [3.8, 4) is 0 Å².